The Morgan fingerprint density at radius 2 is 1.88 bits per heavy atom. The molecule has 3 heteroatoms. The van der Waals surface area contributed by atoms with Crippen molar-refractivity contribution in [2.75, 3.05) is 33.4 Å². The van der Waals surface area contributed by atoms with E-state index in [2.05, 4.69) is 11.8 Å². The zero-order valence-electron chi connectivity index (χ0n) is 11.1. The fraction of sp³-hybridized carbons (Fsp3) is 1.00. The van der Waals surface area contributed by atoms with Gasteiger partial charge in [0.15, 0.2) is 5.79 Å². The molecule has 0 aromatic carbocycles. The molecule has 0 bridgehead atoms. The molecule has 0 amide bonds. The Bertz CT molecular complexity index is 181. The molecule has 1 atom stereocenters. The molecule has 0 aliphatic carbocycles. The molecule has 0 radical (unpaired) electrons. The average molecular weight is 229 g/mol. The average Bonchev–Trinajstić information content (AvgIpc) is 2.79. The van der Waals surface area contributed by atoms with Crippen LogP contribution in [0, 0.1) is 0 Å². The third-order valence-corrected chi connectivity index (χ3v) is 3.35. The summed E-state index contributed by atoms with van der Waals surface area (Å²) in [6.45, 7) is 8.31. The van der Waals surface area contributed by atoms with E-state index in [9.17, 15) is 0 Å². The normalized spacial score (nSPS) is 21.2. The number of methoxy groups -OCH3 is 1. The van der Waals surface area contributed by atoms with Crippen molar-refractivity contribution in [2.24, 2.45) is 0 Å². The van der Waals surface area contributed by atoms with E-state index in [0.29, 0.717) is 0 Å². The van der Waals surface area contributed by atoms with Crippen molar-refractivity contribution >= 4 is 0 Å². The number of hydrogen-bond donors (Lipinski definition) is 0. The SMILES string of the molecule is CCCCC(CN1CCCC1)(OC)OCC. The van der Waals surface area contributed by atoms with Crippen molar-refractivity contribution in [3.8, 4) is 0 Å². The monoisotopic (exact) mass is 229 g/mol. The van der Waals surface area contributed by atoms with Gasteiger partial charge in [-0.05, 0) is 39.3 Å². The van der Waals surface area contributed by atoms with Gasteiger partial charge in [0.2, 0.25) is 0 Å². The topological polar surface area (TPSA) is 21.7 Å². The first-order valence-corrected chi connectivity index (χ1v) is 6.68. The summed E-state index contributed by atoms with van der Waals surface area (Å²) in [7, 11) is 1.78. The molecule has 1 unspecified atom stereocenters. The fourth-order valence-corrected chi connectivity index (χ4v) is 2.41. The lowest BCUT2D eigenvalue weighted by atomic mass is 10.1. The quantitative estimate of drug-likeness (QED) is 0.597. The van der Waals surface area contributed by atoms with Crippen molar-refractivity contribution in [1.29, 1.82) is 0 Å². The van der Waals surface area contributed by atoms with Crippen LogP contribution in [0.4, 0.5) is 0 Å². The van der Waals surface area contributed by atoms with Gasteiger partial charge in [-0.2, -0.15) is 0 Å². The first-order valence-electron chi connectivity index (χ1n) is 6.68. The Morgan fingerprint density at radius 3 is 2.38 bits per heavy atom. The van der Waals surface area contributed by atoms with E-state index in [0.717, 1.165) is 19.6 Å². The molecular formula is C13H27NO2. The molecule has 1 fully saturated rings. The standard InChI is InChI=1S/C13H27NO2/c1-4-6-9-13(15-3,16-5-2)12-14-10-7-8-11-14/h4-12H2,1-3H3. The minimum atomic E-state index is -0.366. The lowest BCUT2D eigenvalue weighted by Crippen LogP contribution is -2.46. The minimum absolute atomic E-state index is 0.366. The number of unbranched alkanes of at least 4 members (excludes halogenated alkanes) is 1. The molecule has 3 nitrogen and oxygen atoms in total. The van der Waals surface area contributed by atoms with Gasteiger partial charge in [0.05, 0.1) is 6.54 Å². The van der Waals surface area contributed by atoms with Crippen LogP contribution in [-0.2, 0) is 9.47 Å². The third kappa shape index (κ3) is 4.04. The molecule has 0 aromatic heterocycles. The first kappa shape index (κ1) is 13.9. The molecule has 1 rings (SSSR count). The Morgan fingerprint density at radius 1 is 1.19 bits per heavy atom. The van der Waals surface area contributed by atoms with Gasteiger partial charge >= 0.3 is 0 Å². The summed E-state index contributed by atoms with van der Waals surface area (Å²) in [4.78, 5) is 2.47. The first-order chi connectivity index (χ1) is 7.76. The molecule has 96 valence electrons. The molecule has 16 heavy (non-hydrogen) atoms. The van der Waals surface area contributed by atoms with E-state index in [4.69, 9.17) is 9.47 Å². The van der Waals surface area contributed by atoms with Gasteiger partial charge in [-0.15, -0.1) is 0 Å². The van der Waals surface area contributed by atoms with Crippen LogP contribution in [0.2, 0.25) is 0 Å². The second-order valence-electron chi connectivity index (χ2n) is 4.63. The molecule has 0 spiro atoms. The number of ether oxygens (including phenoxy) is 2. The number of hydrogen-bond acceptors (Lipinski definition) is 3. The van der Waals surface area contributed by atoms with E-state index in [1.165, 1.54) is 38.8 Å². The lowest BCUT2D eigenvalue weighted by molar-refractivity contribution is -0.232. The van der Waals surface area contributed by atoms with Crippen molar-refractivity contribution in [2.45, 2.75) is 51.7 Å². The summed E-state index contributed by atoms with van der Waals surface area (Å²) >= 11 is 0. The predicted octanol–water partition coefficient (Wildman–Crippen LogP) is 2.65. The number of likely N-dealkylation sites (tertiary alicyclic amines) is 1. The van der Waals surface area contributed by atoms with Crippen LogP contribution < -0.4 is 0 Å². The maximum atomic E-state index is 5.88. The van der Waals surface area contributed by atoms with Crippen LogP contribution in [0.1, 0.15) is 46.0 Å². The minimum Gasteiger partial charge on any atom is -0.352 e. The maximum absolute atomic E-state index is 5.88. The van der Waals surface area contributed by atoms with Crippen molar-refractivity contribution in [1.82, 2.24) is 4.90 Å². The number of nitrogens with zero attached hydrogens (tertiary/aromatic N) is 1. The van der Waals surface area contributed by atoms with Crippen LogP contribution in [-0.4, -0.2) is 44.0 Å². The Hall–Kier alpha value is -0.120. The highest BCUT2D eigenvalue weighted by molar-refractivity contribution is 4.78. The zero-order chi connectivity index (χ0) is 11.9. The third-order valence-electron chi connectivity index (χ3n) is 3.35. The molecular weight excluding hydrogens is 202 g/mol. The zero-order valence-corrected chi connectivity index (χ0v) is 11.1. The highest BCUT2D eigenvalue weighted by atomic mass is 16.7. The van der Waals surface area contributed by atoms with Gasteiger partial charge in [-0.25, -0.2) is 0 Å². The van der Waals surface area contributed by atoms with E-state index in [-0.39, 0.29) is 5.79 Å². The summed E-state index contributed by atoms with van der Waals surface area (Å²) in [6.07, 6.45) is 6.00. The summed E-state index contributed by atoms with van der Waals surface area (Å²) in [5, 5.41) is 0. The highest BCUT2D eigenvalue weighted by Gasteiger charge is 2.33. The Labute approximate surface area is 100 Å². The second-order valence-corrected chi connectivity index (χ2v) is 4.63. The Kier molecular flexibility index (Phi) is 6.32. The van der Waals surface area contributed by atoms with Gasteiger partial charge in [0.25, 0.3) is 0 Å². The lowest BCUT2D eigenvalue weighted by Gasteiger charge is -2.35. The number of rotatable bonds is 8. The largest absolute Gasteiger partial charge is 0.352 e. The molecule has 0 aromatic rings. The van der Waals surface area contributed by atoms with Gasteiger partial charge in [0, 0.05) is 20.1 Å². The molecule has 1 saturated heterocycles. The summed E-state index contributed by atoms with van der Waals surface area (Å²) in [5.41, 5.74) is 0. The van der Waals surface area contributed by atoms with Crippen LogP contribution in [0.5, 0.6) is 0 Å². The Balaban J connectivity index is 2.51. The molecule has 0 saturated carbocycles. The van der Waals surface area contributed by atoms with E-state index >= 15 is 0 Å². The maximum Gasteiger partial charge on any atom is 0.180 e. The predicted molar refractivity (Wildman–Crippen MR) is 66.6 cm³/mol. The van der Waals surface area contributed by atoms with Crippen LogP contribution in [0.25, 0.3) is 0 Å². The fourth-order valence-electron chi connectivity index (χ4n) is 2.41. The van der Waals surface area contributed by atoms with E-state index in [1.807, 2.05) is 6.92 Å². The highest BCUT2D eigenvalue weighted by Crippen LogP contribution is 2.24. The molecule has 1 aliphatic rings. The summed E-state index contributed by atoms with van der Waals surface area (Å²) in [6, 6.07) is 0. The van der Waals surface area contributed by atoms with Crippen molar-refractivity contribution < 1.29 is 9.47 Å². The summed E-state index contributed by atoms with van der Waals surface area (Å²) < 4.78 is 11.6. The van der Waals surface area contributed by atoms with E-state index in [1.54, 1.807) is 7.11 Å². The summed E-state index contributed by atoms with van der Waals surface area (Å²) in [5.74, 6) is -0.366. The van der Waals surface area contributed by atoms with Crippen molar-refractivity contribution in [3.05, 3.63) is 0 Å². The van der Waals surface area contributed by atoms with Crippen LogP contribution >= 0.6 is 0 Å². The molecule has 1 aliphatic heterocycles. The second kappa shape index (κ2) is 7.25. The van der Waals surface area contributed by atoms with Gasteiger partial charge in [-0.1, -0.05) is 13.3 Å². The van der Waals surface area contributed by atoms with Gasteiger partial charge in [0.1, 0.15) is 0 Å². The van der Waals surface area contributed by atoms with Crippen LogP contribution in [0.3, 0.4) is 0 Å². The van der Waals surface area contributed by atoms with Gasteiger partial charge < -0.3 is 9.47 Å². The van der Waals surface area contributed by atoms with E-state index < -0.39 is 0 Å². The van der Waals surface area contributed by atoms with Crippen molar-refractivity contribution in [3.63, 3.8) is 0 Å². The molecule has 0 N–H and O–H groups in total. The smallest absolute Gasteiger partial charge is 0.180 e. The van der Waals surface area contributed by atoms with Crippen LogP contribution in [0.15, 0.2) is 0 Å². The van der Waals surface area contributed by atoms with Gasteiger partial charge in [-0.3, -0.25) is 4.90 Å². The molecule has 1 heterocycles.